The second-order valence-corrected chi connectivity index (χ2v) is 8.38. The van der Waals surface area contributed by atoms with E-state index in [1.54, 1.807) is 20.1 Å². The van der Waals surface area contributed by atoms with Crippen LogP contribution in [0, 0.1) is 18.6 Å². The van der Waals surface area contributed by atoms with Crippen molar-refractivity contribution in [1.82, 2.24) is 19.6 Å². The second-order valence-electron chi connectivity index (χ2n) is 8.38. The molecule has 0 unspecified atom stereocenters. The molecule has 0 aliphatic rings. The van der Waals surface area contributed by atoms with Crippen LogP contribution in [0.4, 0.5) is 29.1 Å². The van der Waals surface area contributed by atoms with Gasteiger partial charge in [0.15, 0.2) is 0 Å². The van der Waals surface area contributed by atoms with Gasteiger partial charge in [-0.3, -0.25) is 4.40 Å². The van der Waals surface area contributed by atoms with E-state index < -0.39 is 24.6 Å². The van der Waals surface area contributed by atoms with Gasteiger partial charge >= 0.3 is 0 Å². The first-order valence-electron chi connectivity index (χ1n) is 10.2. The first-order valence-corrected chi connectivity index (χ1v) is 10.2. The summed E-state index contributed by atoms with van der Waals surface area (Å²) in [6.07, 6.45) is -1.40. The normalized spacial score (nSPS) is 11.7. The molecule has 2 aromatic carbocycles. The number of benzene rings is 2. The van der Waals surface area contributed by atoms with Crippen molar-refractivity contribution in [3.8, 4) is 0 Å². The molecule has 0 fully saturated rings. The van der Waals surface area contributed by atoms with Gasteiger partial charge in [0.2, 0.25) is 0 Å². The van der Waals surface area contributed by atoms with Gasteiger partial charge < -0.3 is 9.64 Å². The molecule has 0 N–H and O–H groups in total. The lowest BCUT2D eigenvalue weighted by Crippen LogP contribution is -2.26. The minimum Gasteiger partial charge on any atom is -0.379 e. The molecule has 2 heterocycles. The zero-order chi connectivity index (χ0) is 24.3. The predicted molar refractivity (Wildman–Crippen MR) is 119 cm³/mol. The third-order valence-electron chi connectivity index (χ3n) is 4.74. The quantitative estimate of drug-likeness (QED) is 0.364. The van der Waals surface area contributed by atoms with E-state index in [0.29, 0.717) is 11.1 Å². The van der Waals surface area contributed by atoms with Crippen molar-refractivity contribution in [2.24, 2.45) is 0 Å². The minimum absolute atomic E-state index is 0.0207. The highest BCUT2D eigenvalue weighted by Gasteiger charge is 2.23. The Labute approximate surface area is 188 Å². The Morgan fingerprint density at radius 1 is 1.12 bits per heavy atom. The fraction of sp³-hybridized carbons (Fsp3) is 0.348. The van der Waals surface area contributed by atoms with Crippen LogP contribution in [0.1, 0.15) is 26.3 Å². The standard InChI is InChI=1S/C18H13F4N5.C5H12O/c1-10-5-11(19)7-12(6-10)26(8-15(21)22)17-16-13(20)3-2-4-14(16)27-9-23-25-18(27)24-17;1-5(2,3)6-4/h2-7,9,15H,8H2,1H3;1-4H3. The molecule has 6 nitrogen and oxygen atoms in total. The molecule has 4 rings (SSSR count). The van der Waals surface area contributed by atoms with E-state index >= 15 is 0 Å². The van der Waals surface area contributed by atoms with Gasteiger partial charge in [0.25, 0.3) is 12.2 Å². The van der Waals surface area contributed by atoms with Crippen LogP contribution >= 0.6 is 0 Å². The van der Waals surface area contributed by atoms with Gasteiger partial charge in [0, 0.05) is 12.8 Å². The van der Waals surface area contributed by atoms with E-state index in [9.17, 15) is 17.6 Å². The van der Waals surface area contributed by atoms with Gasteiger partial charge in [0.1, 0.15) is 23.8 Å². The lowest BCUT2D eigenvalue weighted by Gasteiger charge is -2.25. The van der Waals surface area contributed by atoms with Crippen LogP contribution in [-0.2, 0) is 4.74 Å². The van der Waals surface area contributed by atoms with Crippen molar-refractivity contribution in [3.63, 3.8) is 0 Å². The van der Waals surface area contributed by atoms with E-state index in [1.807, 2.05) is 20.8 Å². The number of nitrogens with zero attached hydrogens (tertiary/aromatic N) is 5. The van der Waals surface area contributed by atoms with E-state index in [-0.39, 0.29) is 28.3 Å². The van der Waals surface area contributed by atoms with Gasteiger partial charge in [0.05, 0.1) is 23.0 Å². The summed E-state index contributed by atoms with van der Waals surface area (Å²) in [4.78, 5) is 5.33. The molecule has 0 atom stereocenters. The maximum absolute atomic E-state index is 14.7. The van der Waals surface area contributed by atoms with Crippen LogP contribution in [-0.4, -0.2) is 45.3 Å². The summed E-state index contributed by atoms with van der Waals surface area (Å²) in [5.74, 6) is -1.18. The molecule has 0 radical (unpaired) electrons. The molecule has 10 heteroatoms. The molecule has 176 valence electrons. The van der Waals surface area contributed by atoms with Crippen LogP contribution < -0.4 is 4.90 Å². The summed E-state index contributed by atoms with van der Waals surface area (Å²) >= 11 is 0. The van der Waals surface area contributed by atoms with E-state index in [1.165, 1.54) is 35.0 Å². The Morgan fingerprint density at radius 2 is 1.82 bits per heavy atom. The van der Waals surface area contributed by atoms with Crippen LogP contribution in [0.5, 0.6) is 0 Å². The lowest BCUT2D eigenvalue weighted by atomic mass is 10.1. The first kappa shape index (κ1) is 24.4. The first-order chi connectivity index (χ1) is 15.5. The summed E-state index contributed by atoms with van der Waals surface area (Å²) in [6, 6.07) is 8.23. The number of aryl methyl sites for hydroxylation is 1. The summed E-state index contributed by atoms with van der Waals surface area (Å²) in [5, 5.41) is 7.61. The molecule has 0 amide bonds. The number of rotatable bonds is 4. The van der Waals surface area contributed by atoms with Crippen molar-refractivity contribution < 1.29 is 22.3 Å². The zero-order valence-electron chi connectivity index (χ0n) is 19.0. The van der Waals surface area contributed by atoms with Crippen LogP contribution in [0.15, 0.2) is 42.7 Å². The van der Waals surface area contributed by atoms with Crippen LogP contribution in [0.3, 0.4) is 0 Å². The molecule has 0 bridgehead atoms. The average Bonchev–Trinajstić information content (AvgIpc) is 3.20. The second kappa shape index (κ2) is 9.70. The lowest BCUT2D eigenvalue weighted by molar-refractivity contribution is 0.0397. The number of alkyl halides is 2. The van der Waals surface area contributed by atoms with Crippen molar-refractivity contribution in [2.45, 2.75) is 39.7 Å². The Hall–Kier alpha value is -3.27. The van der Waals surface area contributed by atoms with Crippen LogP contribution in [0.25, 0.3) is 16.7 Å². The molecule has 4 aromatic rings. The van der Waals surface area contributed by atoms with Gasteiger partial charge in [-0.25, -0.2) is 17.6 Å². The number of fused-ring (bicyclic) bond motifs is 3. The predicted octanol–water partition coefficient (Wildman–Crippen LogP) is 5.70. The topological polar surface area (TPSA) is 55.5 Å². The van der Waals surface area contributed by atoms with Crippen molar-refractivity contribution >= 4 is 28.2 Å². The van der Waals surface area contributed by atoms with Gasteiger partial charge in [-0.1, -0.05) is 6.07 Å². The fourth-order valence-corrected chi connectivity index (χ4v) is 3.08. The Balaban J connectivity index is 0.000000454. The Kier molecular flexibility index (Phi) is 7.16. The number of anilines is 2. The maximum atomic E-state index is 14.7. The zero-order valence-corrected chi connectivity index (χ0v) is 19.0. The molecule has 0 saturated heterocycles. The van der Waals surface area contributed by atoms with Gasteiger partial charge in [-0.15, -0.1) is 10.2 Å². The summed E-state index contributed by atoms with van der Waals surface area (Å²) in [5.41, 5.74) is 1.10. The molecular weight excluding hydrogens is 438 g/mol. The summed E-state index contributed by atoms with van der Waals surface area (Å²) in [6.45, 7) is 6.91. The highest BCUT2D eigenvalue weighted by atomic mass is 19.3. The highest BCUT2D eigenvalue weighted by Crippen LogP contribution is 2.34. The summed E-state index contributed by atoms with van der Waals surface area (Å²) in [7, 11) is 1.71. The molecule has 0 aliphatic heterocycles. The largest absolute Gasteiger partial charge is 0.379 e. The molecule has 2 aromatic heterocycles. The number of aromatic nitrogens is 4. The Morgan fingerprint density at radius 3 is 2.42 bits per heavy atom. The van der Waals surface area contributed by atoms with Crippen LogP contribution in [0.2, 0.25) is 0 Å². The number of hydrogen-bond donors (Lipinski definition) is 0. The van der Waals surface area contributed by atoms with Crippen molar-refractivity contribution in [2.75, 3.05) is 18.6 Å². The molecule has 0 aliphatic carbocycles. The molecule has 0 spiro atoms. The van der Waals surface area contributed by atoms with Gasteiger partial charge in [-0.05, 0) is 63.6 Å². The third kappa shape index (κ3) is 5.75. The average molecular weight is 463 g/mol. The van der Waals surface area contributed by atoms with E-state index in [0.717, 1.165) is 11.0 Å². The summed E-state index contributed by atoms with van der Waals surface area (Å²) < 4.78 is 61.6. The highest BCUT2D eigenvalue weighted by molar-refractivity contribution is 5.94. The number of halogens is 4. The molecular formula is C23H25F4N5O. The number of hydrogen-bond acceptors (Lipinski definition) is 5. The SMILES string of the molecule is COC(C)(C)C.Cc1cc(F)cc(N(CC(F)F)c2nc3nncn3c3cccc(F)c23)c1. The molecule has 0 saturated carbocycles. The van der Waals surface area contributed by atoms with Crippen molar-refractivity contribution in [3.05, 3.63) is 59.9 Å². The van der Waals surface area contributed by atoms with Crippen molar-refractivity contribution in [1.29, 1.82) is 0 Å². The monoisotopic (exact) mass is 463 g/mol. The molecule has 33 heavy (non-hydrogen) atoms. The van der Waals surface area contributed by atoms with Gasteiger partial charge in [-0.2, -0.15) is 4.98 Å². The smallest absolute Gasteiger partial charge is 0.257 e. The number of ether oxygens (including phenoxy) is 1. The fourth-order valence-electron chi connectivity index (χ4n) is 3.08. The Bertz CT molecular complexity index is 1230. The third-order valence-corrected chi connectivity index (χ3v) is 4.74. The van der Waals surface area contributed by atoms with E-state index in [2.05, 4.69) is 15.2 Å². The number of methoxy groups -OCH3 is 1. The maximum Gasteiger partial charge on any atom is 0.257 e. The minimum atomic E-state index is -2.76. The van der Waals surface area contributed by atoms with E-state index in [4.69, 9.17) is 4.74 Å².